The van der Waals surface area contributed by atoms with E-state index in [1.807, 2.05) is 6.07 Å². The van der Waals surface area contributed by atoms with Crippen LogP contribution in [0.2, 0.25) is 18.1 Å². The molecule has 0 aliphatic carbocycles. The Hall–Kier alpha value is -0.863. The second-order valence-corrected chi connectivity index (χ2v) is 11.4. The summed E-state index contributed by atoms with van der Waals surface area (Å²) in [5.74, 6) is 0. The van der Waals surface area contributed by atoms with E-state index in [0.717, 1.165) is 6.42 Å². The molecule has 0 amide bonds. The van der Waals surface area contributed by atoms with Crippen LogP contribution in [0.5, 0.6) is 0 Å². The zero-order chi connectivity index (χ0) is 14.5. The Bertz CT molecular complexity index is 401. The van der Waals surface area contributed by atoms with Crippen molar-refractivity contribution in [1.82, 2.24) is 0 Å². The van der Waals surface area contributed by atoms with E-state index in [-0.39, 0.29) is 11.1 Å². The standard InChI is InChI=1S/C17H28OSi/c1-7-16(18-19(5,6)17(2,3)4)14-13-15-11-9-8-10-12-15/h8-14,16H,7H2,1-6H3/b14-13+. The second-order valence-electron chi connectivity index (χ2n) is 6.59. The van der Waals surface area contributed by atoms with Crippen LogP contribution in [-0.4, -0.2) is 14.4 Å². The normalized spacial score (nSPS) is 14.8. The van der Waals surface area contributed by atoms with Crippen LogP contribution in [0, 0.1) is 0 Å². The quantitative estimate of drug-likeness (QED) is 0.645. The molecular formula is C17H28OSi. The summed E-state index contributed by atoms with van der Waals surface area (Å²) in [6, 6.07) is 10.4. The van der Waals surface area contributed by atoms with Gasteiger partial charge in [-0.2, -0.15) is 0 Å². The van der Waals surface area contributed by atoms with Gasteiger partial charge in [0, 0.05) is 0 Å². The summed E-state index contributed by atoms with van der Waals surface area (Å²) in [5.41, 5.74) is 1.24. The highest BCUT2D eigenvalue weighted by Crippen LogP contribution is 2.37. The average Bonchev–Trinajstić information content (AvgIpc) is 2.34. The molecule has 0 N–H and O–H groups in total. The van der Waals surface area contributed by atoms with E-state index >= 15 is 0 Å². The highest BCUT2D eigenvalue weighted by atomic mass is 28.4. The van der Waals surface area contributed by atoms with Gasteiger partial charge in [-0.1, -0.05) is 70.2 Å². The Morgan fingerprint density at radius 1 is 1.16 bits per heavy atom. The molecule has 0 heterocycles. The van der Waals surface area contributed by atoms with Gasteiger partial charge in [0.25, 0.3) is 0 Å². The lowest BCUT2D eigenvalue weighted by atomic mass is 10.2. The third-order valence-corrected chi connectivity index (χ3v) is 8.46. The molecule has 1 nitrogen and oxygen atoms in total. The lowest BCUT2D eigenvalue weighted by Crippen LogP contribution is -2.43. The van der Waals surface area contributed by atoms with Gasteiger partial charge in [0.1, 0.15) is 0 Å². The summed E-state index contributed by atoms with van der Waals surface area (Å²) in [7, 11) is -1.68. The minimum Gasteiger partial charge on any atom is -0.411 e. The largest absolute Gasteiger partial charge is 0.411 e. The molecular weight excluding hydrogens is 248 g/mol. The zero-order valence-electron chi connectivity index (χ0n) is 13.2. The first kappa shape index (κ1) is 16.2. The number of rotatable bonds is 5. The van der Waals surface area contributed by atoms with Crippen molar-refractivity contribution in [1.29, 1.82) is 0 Å². The smallest absolute Gasteiger partial charge is 0.192 e. The van der Waals surface area contributed by atoms with Crippen LogP contribution in [0.4, 0.5) is 0 Å². The fraction of sp³-hybridized carbons (Fsp3) is 0.529. The third-order valence-electron chi connectivity index (χ3n) is 3.96. The van der Waals surface area contributed by atoms with Crippen molar-refractivity contribution in [2.45, 2.75) is 58.4 Å². The van der Waals surface area contributed by atoms with Gasteiger partial charge in [-0.25, -0.2) is 0 Å². The van der Waals surface area contributed by atoms with E-state index in [2.05, 4.69) is 77.2 Å². The molecule has 106 valence electrons. The lowest BCUT2D eigenvalue weighted by molar-refractivity contribution is 0.221. The van der Waals surface area contributed by atoms with Gasteiger partial charge in [0.2, 0.25) is 0 Å². The van der Waals surface area contributed by atoms with Crippen molar-refractivity contribution < 1.29 is 4.43 Å². The van der Waals surface area contributed by atoms with Gasteiger partial charge in [-0.3, -0.25) is 0 Å². The molecule has 0 saturated carbocycles. The van der Waals surface area contributed by atoms with E-state index in [9.17, 15) is 0 Å². The Balaban J connectivity index is 2.72. The molecule has 0 saturated heterocycles. The van der Waals surface area contributed by atoms with Crippen molar-refractivity contribution in [3.63, 3.8) is 0 Å². The molecule has 1 unspecified atom stereocenters. The second kappa shape index (κ2) is 6.53. The monoisotopic (exact) mass is 276 g/mol. The number of hydrogen-bond acceptors (Lipinski definition) is 1. The van der Waals surface area contributed by atoms with Crippen molar-refractivity contribution >= 4 is 14.4 Å². The molecule has 0 radical (unpaired) electrons. The molecule has 1 rings (SSSR count). The molecule has 0 spiro atoms. The third kappa shape index (κ3) is 4.96. The molecule has 1 atom stereocenters. The molecule has 0 aliphatic heterocycles. The van der Waals surface area contributed by atoms with Crippen molar-refractivity contribution in [3.05, 3.63) is 42.0 Å². The van der Waals surface area contributed by atoms with E-state index in [1.165, 1.54) is 5.56 Å². The topological polar surface area (TPSA) is 9.23 Å². The first-order valence-corrected chi connectivity index (χ1v) is 10.1. The Morgan fingerprint density at radius 2 is 1.74 bits per heavy atom. The maximum atomic E-state index is 6.43. The van der Waals surface area contributed by atoms with Gasteiger partial charge >= 0.3 is 0 Å². The minimum atomic E-state index is -1.68. The van der Waals surface area contributed by atoms with Crippen LogP contribution in [-0.2, 0) is 4.43 Å². The van der Waals surface area contributed by atoms with Crippen LogP contribution in [0.3, 0.4) is 0 Å². The molecule has 1 aromatic rings. The summed E-state index contributed by atoms with van der Waals surface area (Å²) in [6.45, 7) is 13.7. The molecule has 2 heteroatoms. The van der Waals surface area contributed by atoms with Gasteiger partial charge < -0.3 is 4.43 Å². The van der Waals surface area contributed by atoms with Gasteiger partial charge in [-0.05, 0) is 30.1 Å². The molecule has 0 bridgehead atoms. The van der Waals surface area contributed by atoms with E-state index in [0.29, 0.717) is 0 Å². The fourth-order valence-corrected chi connectivity index (χ4v) is 2.95. The van der Waals surface area contributed by atoms with E-state index < -0.39 is 8.32 Å². The summed E-state index contributed by atoms with van der Waals surface area (Å²) in [5, 5.41) is 0.265. The highest BCUT2D eigenvalue weighted by Gasteiger charge is 2.38. The Kier molecular flexibility index (Phi) is 5.57. The maximum Gasteiger partial charge on any atom is 0.192 e. The Labute approximate surface area is 119 Å². The number of benzene rings is 1. The highest BCUT2D eigenvalue weighted by molar-refractivity contribution is 6.74. The molecule has 0 aliphatic rings. The molecule has 1 aromatic carbocycles. The summed E-state index contributed by atoms with van der Waals surface area (Å²) >= 11 is 0. The van der Waals surface area contributed by atoms with Crippen LogP contribution in [0.1, 0.15) is 39.7 Å². The zero-order valence-corrected chi connectivity index (χ0v) is 14.2. The van der Waals surface area contributed by atoms with Crippen LogP contribution >= 0.6 is 0 Å². The van der Waals surface area contributed by atoms with Gasteiger partial charge in [0.05, 0.1) is 6.10 Å². The van der Waals surface area contributed by atoms with Crippen molar-refractivity contribution in [2.75, 3.05) is 0 Å². The van der Waals surface area contributed by atoms with Gasteiger partial charge in [-0.15, -0.1) is 0 Å². The average molecular weight is 276 g/mol. The van der Waals surface area contributed by atoms with Crippen LogP contribution in [0.15, 0.2) is 36.4 Å². The first-order chi connectivity index (χ1) is 8.76. The fourth-order valence-electron chi connectivity index (χ4n) is 1.60. The van der Waals surface area contributed by atoms with Crippen LogP contribution in [0.25, 0.3) is 6.08 Å². The van der Waals surface area contributed by atoms with E-state index in [4.69, 9.17) is 4.43 Å². The summed E-state index contributed by atoms with van der Waals surface area (Å²) in [4.78, 5) is 0. The van der Waals surface area contributed by atoms with Gasteiger partial charge in [0.15, 0.2) is 8.32 Å². The molecule has 0 fully saturated rings. The first-order valence-electron chi connectivity index (χ1n) is 7.17. The molecule has 19 heavy (non-hydrogen) atoms. The number of hydrogen-bond donors (Lipinski definition) is 0. The molecule has 0 aromatic heterocycles. The Morgan fingerprint density at radius 3 is 2.21 bits per heavy atom. The predicted molar refractivity (Wildman–Crippen MR) is 87.8 cm³/mol. The van der Waals surface area contributed by atoms with Crippen molar-refractivity contribution in [2.24, 2.45) is 0 Å². The summed E-state index contributed by atoms with van der Waals surface area (Å²) in [6.07, 6.45) is 5.62. The maximum absolute atomic E-state index is 6.43. The SMILES string of the molecule is CCC(/C=C/c1ccccc1)O[Si](C)(C)C(C)(C)C. The minimum absolute atomic E-state index is 0.223. The lowest BCUT2D eigenvalue weighted by Gasteiger charge is -2.38. The predicted octanol–water partition coefficient (Wildman–Crippen LogP) is 5.50. The van der Waals surface area contributed by atoms with Crippen molar-refractivity contribution in [3.8, 4) is 0 Å². The summed E-state index contributed by atoms with van der Waals surface area (Å²) < 4.78 is 6.43. The van der Waals surface area contributed by atoms with E-state index in [1.54, 1.807) is 0 Å². The van der Waals surface area contributed by atoms with Crippen LogP contribution < -0.4 is 0 Å².